The van der Waals surface area contributed by atoms with Crippen molar-refractivity contribution in [1.29, 1.82) is 0 Å². The second-order valence-electron chi connectivity index (χ2n) is 6.13. The van der Waals surface area contributed by atoms with Gasteiger partial charge in [0.05, 0.1) is 5.75 Å². The average Bonchev–Trinajstić information content (AvgIpc) is 2.65. The summed E-state index contributed by atoms with van der Waals surface area (Å²) in [5.74, 6) is 0.121. The number of hydrogen-bond acceptors (Lipinski definition) is 4. The van der Waals surface area contributed by atoms with Crippen LogP contribution in [0.2, 0.25) is 0 Å². The molecule has 1 atom stereocenters. The fourth-order valence-corrected chi connectivity index (χ4v) is 3.01. The number of amides is 1. The number of benzene rings is 2. The first-order valence-corrected chi connectivity index (χ1v) is 10.3. The van der Waals surface area contributed by atoms with E-state index in [1.165, 1.54) is 6.92 Å². The summed E-state index contributed by atoms with van der Waals surface area (Å²) < 4.78 is 28.4. The minimum atomic E-state index is -3.58. The van der Waals surface area contributed by atoms with Crippen molar-refractivity contribution in [3.05, 3.63) is 65.7 Å². The fraction of sp³-hybridized carbons (Fsp3) is 0.350. The second kappa shape index (κ2) is 8.85. The van der Waals surface area contributed by atoms with Crippen LogP contribution in [0.25, 0.3) is 0 Å². The summed E-state index contributed by atoms with van der Waals surface area (Å²) >= 11 is 0. The van der Waals surface area contributed by atoms with Crippen molar-refractivity contribution < 1.29 is 17.4 Å². The van der Waals surface area contributed by atoms with E-state index in [4.69, 9.17) is 4.18 Å². The van der Waals surface area contributed by atoms with Gasteiger partial charge in [0.15, 0.2) is 0 Å². The van der Waals surface area contributed by atoms with E-state index in [2.05, 4.69) is 0 Å². The first kappa shape index (κ1) is 20.0. The van der Waals surface area contributed by atoms with Gasteiger partial charge in [-0.15, -0.1) is 0 Å². The Morgan fingerprint density at radius 3 is 2.38 bits per heavy atom. The summed E-state index contributed by atoms with van der Waals surface area (Å²) in [6, 6.07) is 16.1. The van der Waals surface area contributed by atoms with E-state index in [1.54, 1.807) is 35.2 Å². The third kappa shape index (κ3) is 5.33. The Kier molecular flexibility index (Phi) is 6.80. The highest BCUT2D eigenvalue weighted by atomic mass is 32.2. The smallest absolute Gasteiger partial charge is 0.308 e. The summed E-state index contributed by atoms with van der Waals surface area (Å²) in [5, 5.41) is 0. The Balaban J connectivity index is 2.25. The SMILES string of the molecule is CCC(C)N(Cc1cccc(OS(=O)(=O)CC)c1)C(=O)c1ccccc1. The molecule has 0 radical (unpaired) electrons. The minimum absolute atomic E-state index is 0.0478. The molecule has 2 aromatic carbocycles. The lowest BCUT2D eigenvalue weighted by Gasteiger charge is -2.29. The Bertz CT molecular complexity index is 834. The molecular formula is C20H25NO4S. The molecule has 140 valence electrons. The van der Waals surface area contributed by atoms with Gasteiger partial charge in [-0.1, -0.05) is 37.3 Å². The molecular weight excluding hydrogens is 350 g/mol. The van der Waals surface area contributed by atoms with Crippen molar-refractivity contribution >= 4 is 16.0 Å². The minimum Gasteiger partial charge on any atom is -0.382 e. The molecule has 0 fully saturated rings. The van der Waals surface area contributed by atoms with Crippen LogP contribution < -0.4 is 4.18 Å². The van der Waals surface area contributed by atoms with Crippen LogP contribution in [-0.2, 0) is 16.7 Å². The molecule has 2 rings (SSSR count). The van der Waals surface area contributed by atoms with Crippen LogP contribution in [0.5, 0.6) is 5.75 Å². The lowest BCUT2D eigenvalue weighted by molar-refractivity contribution is 0.0671. The molecule has 0 aliphatic heterocycles. The summed E-state index contributed by atoms with van der Waals surface area (Å²) in [6.45, 7) is 5.94. The largest absolute Gasteiger partial charge is 0.382 e. The molecule has 0 spiro atoms. The zero-order valence-corrected chi connectivity index (χ0v) is 16.2. The molecule has 2 aromatic rings. The molecule has 1 unspecified atom stereocenters. The standard InChI is InChI=1S/C20H25NO4S/c1-4-16(3)21(20(22)18-11-7-6-8-12-18)15-17-10-9-13-19(14-17)25-26(23,24)5-2/h6-14,16H,4-5,15H2,1-3H3. The number of carbonyl (C=O) groups excluding carboxylic acids is 1. The summed E-state index contributed by atoms with van der Waals surface area (Å²) in [7, 11) is -3.58. The summed E-state index contributed by atoms with van der Waals surface area (Å²) in [6.07, 6.45) is 0.818. The highest BCUT2D eigenvalue weighted by Crippen LogP contribution is 2.20. The van der Waals surface area contributed by atoms with Gasteiger partial charge < -0.3 is 9.08 Å². The first-order valence-electron chi connectivity index (χ1n) is 8.73. The van der Waals surface area contributed by atoms with E-state index in [0.717, 1.165) is 12.0 Å². The lowest BCUT2D eigenvalue weighted by Crippen LogP contribution is -2.37. The van der Waals surface area contributed by atoms with E-state index in [-0.39, 0.29) is 23.5 Å². The maximum atomic E-state index is 12.9. The number of nitrogens with zero attached hydrogens (tertiary/aromatic N) is 1. The number of carbonyl (C=O) groups is 1. The third-order valence-electron chi connectivity index (χ3n) is 4.23. The predicted octanol–water partition coefficient (Wildman–Crippen LogP) is 3.86. The second-order valence-corrected chi connectivity index (χ2v) is 7.99. The van der Waals surface area contributed by atoms with Crippen LogP contribution in [-0.4, -0.2) is 31.0 Å². The van der Waals surface area contributed by atoms with Crippen molar-refractivity contribution in [3.8, 4) is 5.75 Å². The monoisotopic (exact) mass is 375 g/mol. The van der Waals surface area contributed by atoms with Crippen LogP contribution in [0.15, 0.2) is 54.6 Å². The molecule has 0 saturated heterocycles. The molecule has 1 amide bonds. The maximum Gasteiger partial charge on any atom is 0.308 e. The van der Waals surface area contributed by atoms with Gasteiger partial charge >= 0.3 is 10.1 Å². The molecule has 0 heterocycles. The summed E-state index contributed by atoms with van der Waals surface area (Å²) in [4.78, 5) is 14.7. The van der Waals surface area contributed by atoms with Crippen LogP contribution in [0.4, 0.5) is 0 Å². The van der Waals surface area contributed by atoms with E-state index in [1.807, 2.05) is 38.1 Å². The molecule has 5 nitrogen and oxygen atoms in total. The number of rotatable bonds is 8. The first-order chi connectivity index (χ1) is 12.4. The maximum absolute atomic E-state index is 12.9. The molecule has 0 saturated carbocycles. The van der Waals surface area contributed by atoms with Gasteiger partial charge in [0.2, 0.25) is 0 Å². The Labute approximate surface area is 155 Å². The molecule has 26 heavy (non-hydrogen) atoms. The van der Waals surface area contributed by atoms with Crippen molar-refractivity contribution in [1.82, 2.24) is 4.90 Å². The lowest BCUT2D eigenvalue weighted by atomic mass is 10.1. The van der Waals surface area contributed by atoms with Gasteiger partial charge in [0.1, 0.15) is 5.75 Å². The van der Waals surface area contributed by atoms with E-state index in [0.29, 0.717) is 12.1 Å². The molecule has 0 bridgehead atoms. The van der Waals surface area contributed by atoms with Gasteiger partial charge in [0.25, 0.3) is 5.91 Å². The highest BCUT2D eigenvalue weighted by molar-refractivity contribution is 7.87. The van der Waals surface area contributed by atoms with E-state index >= 15 is 0 Å². The highest BCUT2D eigenvalue weighted by Gasteiger charge is 2.21. The van der Waals surface area contributed by atoms with Crippen molar-refractivity contribution in [2.75, 3.05) is 5.75 Å². The molecule has 0 aliphatic rings. The van der Waals surface area contributed by atoms with E-state index < -0.39 is 10.1 Å². The Hall–Kier alpha value is -2.34. The van der Waals surface area contributed by atoms with Crippen molar-refractivity contribution in [3.63, 3.8) is 0 Å². The predicted molar refractivity (Wildman–Crippen MR) is 103 cm³/mol. The van der Waals surface area contributed by atoms with Gasteiger partial charge in [-0.05, 0) is 50.1 Å². The average molecular weight is 375 g/mol. The zero-order valence-electron chi connectivity index (χ0n) is 15.4. The van der Waals surface area contributed by atoms with Crippen molar-refractivity contribution in [2.24, 2.45) is 0 Å². The number of hydrogen-bond donors (Lipinski definition) is 0. The zero-order chi connectivity index (χ0) is 19.2. The quantitative estimate of drug-likeness (QED) is 0.657. The fourth-order valence-electron chi connectivity index (χ4n) is 2.49. The van der Waals surface area contributed by atoms with Crippen LogP contribution in [0, 0.1) is 0 Å². The van der Waals surface area contributed by atoms with Crippen molar-refractivity contribution in [2.45, 2.75) is 39.8 Å². The van der Waals surface area contributed by atoms with Gasteiger partial charge in [-0.25, -0.2) is 0 Å². The molecule has 0 aliphatic carbocycles. The topological polar surface area (TPSA) is 63.7 Å². The molecule has 6 heteroatoms. The molecule has 0 N–H and O–H groups in total. The Morgan fingerprint density at radius 1 is 1.08 bits per heavy atom. The molecule has 0 aromatic heterocycles. The Morgan fingerprint density at radius 2 is 1.77 bits per heavy atom. The van der Waals surface area contributed by atoms with Crippen LogP contribution >= 0.6 is 0 Å². The summed E-state index contributed by atoms with van der Waals surface area (Å²) in [5.41, 5.74) is 1.45. The van der Waals surface area contributed by atoms with Crippen LogP contribution in [0.3, 0.4) is 0 Å². The van der Waals surface area contributed by atoms with Gasteiger partial charge in [-0.3, -0.25) is 4.79 Å². The third-order valence-corrected chi connectivity index (χ3v) is 5.39. The van der Waals surface area contributed by atoms with Gasteiger partial charge in [-0.2, -0.15) is 8.42 Å². The van der Waals surface area contributed by atoms with E-state index in [9.17, 15) is 13.2 Å². The normalized spacial score (nSPS) is 12.4. The van der Waals surface area contributed by atoms with Gasteiger partial charge in [0, 0.05) is 18.2 Å². The van der Waals surface area contributed by atoms with Crippen LogP contribution in [0.1, 0.15) is 43.1 Å².